The topological polar surface area (TPSA) is 79.1 Å². The van der Waals surface area contributed by atoms with Crippen LogP contribution in [0.4, 0.5) is 5.82 Å². The second-order valence-electron chi connectivity index (χ2n) is 8.92. The SMILES string of the molecule is Cn1cc2cc(-c3ccc4nc(N5CC[C@@H](NCC6CC6)C5)ccc4n3)c(O)cc2n1. The van der Waals surface area contributed by atoms with Crippen LogP contribution in [0.15, 0.2) is 42.6 Å². The summed E-state index contributed by atoms with van der Waals surface area (Å²) in [6.07, 6.45) is 5.88. The molecule has 0 amide bonds. The summed E-state index contributed by atoms with van der Waals surface area (Å²) >= 11 is 0. The lowest BCUT2D eigenvalue weighted by atomic mass is 10.1. The average molecular weight is 415 g/mol. The van der Waals surface area contributed by atoms with E-state index in [0.29, 0.717) is 11.6 Å². The lowest BCUT2D eigenvalue weighted by molar-refractivity contribution is 0.478. The Morgan fingerprint density at radius 1 is 1.03 bits per heavy atom. The molecule has 4 aromatic rings. The summed E-state index contributed by atoms with van der Waals surface area (Å²) in [6, 6.07) is 12.2. The Morgan fingerprint density at radius 2 is 1.87 bits per heavy atom. The first-order valence-corrected chi connectivity index (χ1v) is 11.1. The summed E-state index contributed by atoms with van der Waals surface area (Å²) in [6.45, 7) is 3.20. The molecule has 1 aliphatic heterocycles. The maximum Gasteiger partial charge on any atom is 0.129 e. The smallest absolute Gasteiger partial charge is 0.129 e. The van der Waals surface area contributed by atoms with Gasteiger partial charge in [0, 0.05) is 49.4 Å². The van der Waals surface area contributed by atoms with E-state index in [4.69, 9.17) is 9.97 Å². The first kappa shape index (κ1) is 18.6. The van der Waals surface area contributed by atoms with Gasteiger partial charge in [-0.15, -0.1) is 0 Å². The van der Waals surface area contributed by atoms with Crippen LogP contribution in [-0.4, -0.2) is 50.5 Å². The standard InChI is InChI=1S/C24H26N6O/c1-29-13-16-10-18(23(31)11-22(16)28-29)19-4-5-21-20(26-19)6-7-24(27-21)30-9-8-17(14-30)25-12-15-2-3-15/h4-7,10-11,13,15,17,25,31H,2-3,8-9,12,14H2,1H3/t17-/m1/s1. The first-order valence-electron chi connectivity index (χ1n) is 11.1. The largest absolute Gasteiger partial charge is 0.507 e. The molecule has 1 aromatic carbocycles. The van der Waals surface area contributed by atoms with Crippen LogP contribution in [0.25, 0.3) is 33.2 Å². The minimum atomic E-state index is 0.185. The number of benzene rings is 1. The van der Waals surface area contributed by atoms with E-state index in [-0.39, 0.29) is 5.75 Å². The van der Waals surface area contributed by atoms with Gasteiger partial charge in [-0.05, 0) is 62.1 Å². The lowest BCUT2D eigenvalue weighted by Crippen LogP contribution is -2.34. The number of aromatic nitrogens is 4. The molecule has 0 spiro atoms. The van der Waals surface area contributed by atoms with E-state index in [9.17, 15) is 5.11 Å². The minimum Gasteiger partial charge on any atom is -0.507 e. The van der Waals surface area contributed by atoms with Crippen molar-refractivity contribution in [2.75, 3.05) is 24.5 Å². The van der Waals surface area contributed by atoms with Gasteiger partial charge in [0.05, 0.1) is 22.2 Å². The van der Waals surface area contributed by atoms with Gasteiger partial charge in [-0.25, -0.2) is 9.97 Å². The van der Waals surface area contributed by atoms with Gasteiger partial charge in [0.1, 0.15) is 11.6 Å². The number of nitrogens with one attached hydrogen (secondary N) is 1. The van der Waals surface area contributed by atoms with E-state index in [1.54, 1.807) is 10.7 Å². The predicted octanol–water partition coefficient (Wildman–Crippen LogP) is 3.47. The molecule has 1 saturated heterocycles. The molecule has 3 aromatic heterocycles. The average Bonchev–Trinajstić information content (AvgIpc) is 3.35. The van der Waals surface area contributed by atoms with Crippen molar-refractivity contribution in [2.24, 2.45) is 13.0 Å². The van der Waals surface area contributed by atoms with Crippen molar-refractivity contribution in [1.82, 2.24) is 25.1 Å². The number of pyridine rings is 2. The fourth-order valence-corrected chi connectivity index (χ4v) is 4.50. The van der Waals surface area contributed by atoms with Crippen molar-refractivity contribution < 1.29 is 5.11 Å². The van der Waals surface area contributed by atoms with E-state index in [2.05, 4.69) is 21.4 Å². The van der Waals surface area contributed by atoms with E-state index < -0.39 is 0 Å². The summed E-state index contributed by atoms with van der Waals surface area (Å²) in [5, 5.41) is 19.6. The Kier molecular flexibility index (Phi) is 4.31. The Balaban J connectivity index is 1.25. The third-order valence-corrected chi connectivity index (χ3v) is 6.44. The second-order valence-corrected chi connectivity index (χ2v) is 8.92. The number of nitrogens with zero attached hydrogens (tertiary/aromatic N) is 5. The highest BCUT2D eigenvalue weighted by Crippen LogP contribution is 2.33. The molecule has 0 radical (unpaired) electrons. The van der Waals surface area contributed by atoms with E-state index in [0.717, 1.165) is 59.0 Å². The van der Waals surface area contributed by atoms with Crippen molar-refractivity contribution in [3.05, 3.63) is 42.6 Å². The molecular weight excluding hydrogens is 388 g/mol. The Hall–Kier alpha value is -3.19. The summed E-state index contributed by atoms with van der Waals surface area (Å²) < 4.78 is 1.75. The number of aromatic hydroxyl groups is 1. The molecule has 0 unspecified atom stereocenters. The van der Waals surface area contributed by atoms with Gasteiger partial charge in [-0.3, -0.25) is 4.68 Å². The van der Waals surface area contributed by atoms with Crippen molar-refractivity contribution in [3.8, 4) is 17.0 Å². The van der Waals surface area contributed by atoms with Crippen LogP contribution < -0.4 is 10.2 Å². The maximum atomic E-state index is 10.5. The number of anilines is 1. The highest BCUT2D eigenvalue weighted by atomic mass is 16.3. The normalized spacial score (nSPS) is 19.0. The van der Waals surface area contributed by atoms with Crippen LogP contribution in [0.1, 0.15) is 19.3 Å². The summed E-state index contributed by atoms with van der Waals surface area (Å²) in [4.78, 5) is 12.0. The Labute approximate surface area is 180 Å². The Morgan fingerprint density at radius 3 is 2.74 bits per heavy atom. The van der Waals surface area contributed by atoms with E-state index in [1.807, 2.05) is 37.5 Å². The molecule has 4 heterocycles. The molecule has 7 nitrogen and oxygen atoms in total. The summed E-state index contributed by atoms with van der Waals surface area (Å²) in [5.74, 6) is 2.10. The van der Waals surface area contributed by atoms with Gasteiger partial charge in [-0.2, -0.15) is 5.10 Å². The lowest BCUT2D eigenvalue weighted by Gasteiger charge is -2.18. The van der Waals surface area contributed by atoms with Crippen molar-refractivity contribution >= 4 is 27.8 Å². The molecule has 6 rings (SSSR count). The third kappa shape index (κ3) is 3.59. The molecule has 1 saturated carbocycles. The van der Waals surface area contributed by atoms with Crippen LogP contribution in [0.2, 0.25) is 0 Å². The van der Waals surface area contributed by atoms with Crippen LogP contribution >= 0.6 is 0 Å². The molecule has 2 aliphatic rings. The van der Waals surface area contributed by atoms with Gasteiger partial charge in [0.25, 0.3) is 0 Å². The fourth-order valence-electron chi connectivity index (χ4n) is 4.50. The minimum absolute atomic E-state index is 0.185. The molecular formula is C24H26N6O. The zero-order chi connectivity index (χ0) is 20.9. The highest BCUT2D eigenvalue weighted by Gasteiger charge is 2.27. The predicted molar refractivity (Wildman–Crippen MR) is 122 cm³/mol. The van der Waals surface area contributed by atoms with Crippen LogP contribution in [0, 0.1) is 5.92 Å². The zero-order valence-corrected chi connectivity index (χ0v) is 17.6. The number of fused-ring (bicyclic) bond motifs is 2. The van der Waals surface area contributed by atoms with Crippen molar-refractivity contribution in [2.45, 2.75) is 25.3 Å². The van der Waals surface area contributed by atoms with Crippen LogP contribution in [0.3, 0.4) is 0 Å². The molecule has 31 heavy (non-hydrogen) atoms. The number of hydrogen-bond donors (Lipinski definition) is 2. The quantitative estimate of drug-likeness (QED) is 0.521. The molecule has 2 fully saturated rings. The molecule has 1 atom stereocenters. The number of rotatable bonds is 5. The molecule has 2 N–H and O–H groups in total. The number of phenols is 1. The van der Waals surface area contributed by atoms with Crippen molar-refractivity contribution in [3.63, 3.8) is 0 Å². The highest BCUT2D eigenvalue weighted by molar-refractivity contribution is 5.88. The Bertz CT molecular complexity index is 1280. The molecule has 7 heteroatoms. The van der Waals surface area contributed by atoms with Crippen molar-refractivity contribution in [1.29, 1.82) is 0 Å². The third-order valence-electron chi connectivity index (χ3n) is 6.44. The maximum absolute atomic E-state index is 10.5. The molecule has 0 bridgehead atoms. The zero-order valence-electron chi connectivity index (χ0n) is 17.6. The molecule has 158 valence electrons. The van der Waals surface area contributed by atoms with Gasteiger partial charge in [0.15, 0.2) is 0 Å². The monoisotopic (exact) mass is 414 g/mol. The van der Waals surface area contributed by atoms with E-state index >= 15 is 0 Å². The second kappa shape index (κ2) is 7.20. The van der Waals surface area contributed by atoms with E-state index in [1.165, 1.54) is 19.3 Å². The fraction of sp³-hybridized carbons (Fsp3) is 0.375. The molecule has 1 aliphatic carbocycles. The van der Waals surface area contributed by atoms with Gasteiger partial charge in [-0.1, -0.05) is 0 Å². The van der Waals surface area contributed by atoms with Crippen LogP contribution in [-0.2, 0) is 7.05 Å². The summed E-state index contributed by atoms with van der Waals surface area (Å²) in [5.41, 5.74) is 3.91. The number of aryl methyl sites for hydroxylation is 1. The van der Waals surface area contributed by atoms with Gasteiger partial charge >= 0.3 is 0 Å². The number of hydrogen-bond acceptors (Lipinski definition) is 6. The van der Waals surface area contributed by atoms with Gasteiger partial charge < -0.3 is 15.3 Å². The van der Waals surface area contributed by atoms with Gasteiger partial charge in [0.2, 0.25) is 0 Å². The van der Waals surface area contributed by atoms with Crippen LogP contribution in [0.5, 0.6) is 5.75 Å². The first-order chi connectivity index (χ1) is 15.1. The summed E-state index contributed by atoms with van der Waals surface area (Å²) in [7, 11) is 1.88. The number of phenolic OH excluding ortho intramolecular Hbond substituents is 1.